The number of carbonyl (C=O) groups is 1. The predicted molar refractivity (Wildman–Crippen MR) is 59.6 cm³/mol. The van der Waals surface area contributed by atoms with Crippen LogP contribution in [0.2, 0.25) is 0 Å². The Morgan fingerprint density at radius 1 is 1.60 bits per heavy atom. The van der Waals surface area contributed by atoms with E-state index in [4.69, 9.17) is 0 Å². The maximum atomic E-state index is 13.5. The number of methoxy groups -OCH3 is 1. The van der Waals surface area contributed by atoms with Crippen molar-refractivity contribution >= 4 is 27.6 Å². The van der Waals surface area contributed by atoms with Gasteiger partial charge in [-0.2, -0.15) is 0 Å². The molecule has 0 aliphatic carbocycles. The number of ether oxygens (including phenoxy) is 1. The summed E-state index contributed by atoms with van der Waals surface area (Å²) in [5, 5.41) is 2.79. The average Bonchev–Trinajstić information content (AvgIpc) is 2.20. The monoisotopic (exact) mass is 275 g/mol. The van der Waals surface area contributed by atoms with Crippen molar-refractivity contribution in [1.29, 1.82) is 0 Å². The number of hydrogen-bond donors (Lipinski definition) is 1. The molecule has 0 fully saturated rings. The fourth-order valence-corrected chi connectivity index (χ4v) is 1.63. The lowest BCUT2D eigenvalue weighted by Crippen LogP contribution is -2.09. The van der Waals surface area contributed by atoms with Crippen molar-refractivity contribution in [2.75, 3.05) is 19.0 Å². The molecule has 0 unspecified atom stereocenters. The van der Waals surface area contributed by atoms with Gasteiger partial charge in [-0.15, -0.1) is 0 Å². The van der Waals surface area contributed by atoms with Crippen molar-refractivity contribution < 1.29 is 13.9 Å². The first kappa shape index (κ1) is 12.0. The zero-order valence-electron chi connectivity index (χ0n) is 8.43. The van der Waals surface area contributed by atoms with Gasteiger partial charge in [0.15, 0.2) is 0 Å². The molecule has 0 aliphatic rings. The van der Waals surface area contributed by atoms with Crippen molar-refractivity contribution in [1.82, 2.24) is 0 Å². The molecule has 0 aliphatic heterocycles. The number of nitrogens with one attached hydrogen (secondary N) is 1. The van der Waals surface area contributed by atoms with Crippen molar-refractivity contribution in [3.05, 3.63) is 28.0 Å². The summed E-state index contributed by atoms with van der Waals surface area (Å²) in [6, 6.07) is 2.82. The molecule has 3 nitrogen and oxygen atoms in total. The molecule has 0 spiro atoms. The first-order chi connectivity index (χ1) is 7.10. The Hall–Kier alpha value is -1.10. The van der Waals surface area contributed by atoms with Gasteiger partial charge in [-0.3, -0.25) is 0 Å². The lowest BCUT2D eigenvalue weighted by Gasteiger charge is -2.10. The fraction of sp³-hybridized carbons (Fsp3) is 0.300. The summed E-state index contributed by atoms with van der Waals surface area (Å²) >= 11 is 3.12. The lowest BCUT2D eigenvalue weighted by molar-refractivity contribution is 0.0601. The minimum atomic E-state index is -0.564. The van der Waals surface area contributed by atoms with Gasteiger partial charge in [-0.1, -0.05) is 15.9 Å². The topological polar surface area (TPSA) is 38.3 Å². The molecule has 15 heavy (non-hydrogen) atoms. The van der Waals surface area contributed by atoms with Crippen LogP contribution in [0.5, 0.6) is 0 Å². The first-order valence-electron chi connectivity index (χ1n) is 4.41. The number of benzene rings is 1. The number of halogens is 2. The van der Waals surface area contributed by atoms with Crippen LogP contribution < -0.4 is 5.32 Å². The van der Waals surface area contributed by atoms with Gasteiger partial charge >= 0.3 is 5.97 Å². The van der Waals surface area contributed by atoms with Gasteiger partial charge < -0.3 is 10.1 Å². The highest BCUT2D eigenvalue weighted by Gasteiger charge is 2.16. The third kappa shape index (κ3) is 2.68. The van der Waals surface area contributed by atoms with Crippen LogP contribution in [0.3, 0.4) is 0 Å². The number of esters is 1. The molecule has 1 aromatic rings. The summed E-state index contributed by atoms with van der Waals surface area (Å²) < 4.78 is 18.6. The Balaban J connectivity index is 3.26. The molecule has 1 rings (SSSR count). The summed E-state index contributed by atoms with van der Waals surface area (Å²) in [6.45, 7) is 2.35. The Kier molecular flexibility index (Phi) is 4.08. The van der Waals surface area contributed by atoms with E-state index in [2.05, 4.69) is 26.0 Å². The van der Waals surface area contributed by atoms with Crippen LogP contribution in [0.1, 0.15) is 17.3 Å². The summed E-state index contributed by atoms with van der Waals surface area (Å²) in [6.07, 6.45) is 0. The summed E-state index contributed by atoms with van der Waals surface area (Å²) in [4.78, 5) is 11.4. The minimum Gasteiger partial charge on any atom is -0.465 e. The van der Waals surface area contributed by atoms with E-state index < -0.39 is 11.8 Å². The van der Waals surface area contributed by atoms with E-state index in [1.807, 2.05) is 6.92 Å². The van der Waals surface area contributed by atoms with Crippen molar-refractivity contribution in [2.45, 2.75) is 6.92 Å². The molecule has 82 valence electrons. The Labute approximate surface area is 95.7 Å². The van der Waals surface area contributed by atoms with E-state index in [0.29, 0.717) is 11.0 Å². The number of anilines is 1. The van der Waals surface area contributed by atoms with Crippen molar-refractivity contribution in [3.8, 4) is 0 Å². The molecule has 0 radical (unpaired) electrons. The maximum Gasteiger partial charge on any atom is 0.340 e. The van der Waals surface area contributed by atoms with Gasteiger partial charge in [-0.25, -0.2) is 9.18 Å². The van der Waals surface area contributed by atoms with Crippen LogP contribution in [-0.2, 0) is 4.74 Å². The van der Waals surface area contributed by atoms with Crippen LogP contribution in [0.15, 0.2) is 16.6 Å². The second-order valence-electron chi connectivity index (χ2n) is 2.83. The average molecular weight is 276 g/mol. The van der Waals surface area contributed by atoms with Crippen molar-refractivity contribution in [3.63, 3.8) is 0 Å². The molecule has 0 bridgehead atoms. The summed E-state index contributed by atoms with van der Waals surface area (Å²) in [5.41, 5.74) is 0.360. The Bertz CT molecular complexity index is 382. The zero-order valence-corrected chi connectivity index (χ0v) is 10.0. The normalized spacial score (nSPS) is 9.87. The SMILES string of the molecule is CCNc1c(F)cc(Br)cc1C(=O)OC. The third-order valence-electron chi connectivity index (χ3n) is 1.81. The van der Waals surface area contributed by atoms with Crippen LogP contribution in [0.4, 0.5) is 10.1 Å². The smallest absolute Gasteiger partial charge is 0.340 e. The van der Waals surface area contributed by atoms with Gasteiger partial charge in [0.05, 0.1) is 18.4 Å². The van der Waals surface area contributed by atoms with Gasteiger partial charge in [0, 0.05) is 11.0 Å². The molecular formula is C10H11BrFNO2. The first-order valence-corrected chi connectivity index (χ1v) is 5.20. The largest absolute Gasteiger partial charge is 0.465 e. The summed E-state index contributed by atoms with van der Waals surface area (Å²) in [5.74, 6) is -1.04. The molecule has 0 saturated heterocycles. The molecule has 1 N–H and O–H groups in total. The predicted octanol–water partition coefficient (Wildman–Crippen LogP) is 2.81. The van der Waals surface area contributed by atoms with Crippen LogP contribution >= 0.6 is 15.9 Å². The number of hydrogen-bond acceptors (Lipinski definition) is 3. The highest BCUT2D eigenvalue weighted by atomic mass is 79.9. The molecule has 1 aromatic carbocycles. The molecule has 0 heterocycles. The second kappa shape index (κ2) is 5.11. The molecule has 0 amide bonds. The van der Waals surface area contributed by atoms with Gasteiger partial charge in [-0.05, 0) is 19.1 Å². The van der Waals surface area contributed by atoms with Crippen molar-refractivity contribution in [2.24, 2.45) is 0 Å². The Morgan fingerprint density at radius 3 is 2.80 bits per heavy atom. The quantitative estimate of drug-likeness (QED) is 0.863. The van der Waals surface area contributed by atoms with Crippen LogP contribution in [0.25, 0.3) is 0 Å². The van der Waals surface area contributed by atoms with Gasteiger partial charge in [0.25, 0.3) is 0 Å². The minimum absolute atomic E-state index is 0.174. The van der Waals surface area contributed by atoms with Gasteiger partial charge in [0.1, 0.15) is 5.82 Å². The van der Waals surface area contributed by atoms with Crippen LogP contribution in [0, 0.1) is 5.82 Å². The summed E-state index contributed by atoms with van der Waals surface area (Å²) in [7, 11) is 1.26. The lowest BCUT2D eigenvalue weighted by atomic mass is 10.1. The molecule has 0 saturated carbocycles. The Morgan fingerprint density at radius 2 is 2.27 bits per heavy atom. The molecule has 5 heteroatoms. The molecular weight excluding hydrogens is 265 g/mol. The zero-order chi connectivity index (χ0) is 11.4. The number of rotatable bonds is 3. The third-order valence-corrected chi connectivity index (χ3v) is 2.27. The van der Waals surface area contributed by atoms with E-state index in [0.717, 1.165) is 0 Å². The van der Waals surface area contributed by atoms with E-state index in [1.165, 1.54) is 19.2 Å². The maximum absolute atomic E-state index is 13.5. The second-order valence-corrected chi connectivity index (χ2v) is 3.75. The van der Waals surface area contributed by atoms with E-state index in [-0.39, 0.29) is 11.3 Å². The van der Waals surface area contributed by atoms with E-state index in [9.17, 15) is 9.18 Å². The van der Waals surface area contributed by atoms with Gasteiger partial charge in [0.2, 0.25) is 0 Å². The standard InChI is InChI=1S/C10H11BrFNO2/c1-3-13-9-7(10(14)15-2)4-6(11)5-8(9)12/h4-5,13H,3H2,1-2H3. The van der Waals surface area contributed by atoms with E-state index in [1.54, 1.807) is 0 Å². The highest BCUT2D eigenvalue weighted by molar-refractivity contribution is 9.10. The van der Waals surface area contributed by atoms with Crippen LogP contribution in [-0.4, -0.2) is 19.6 Å². The fourth-order valence-electron chi connectivity index (χ4n) is 1.20. The number of carbonyl (C=O) groups excluding carboxylic acids is 1. The molecule has 0 atom stereocenters. The van der Waals surface area contributed by atoms with E-state index >= 15 is 0 Å². The molecule has 0 aromatic heterocycles. The highest BCUT2D eigenvalue weighted by Crippen LogP contribution is 2.25.